The van der Waals surface area contributed by atoms with Crippen LogP contribution in [0.25, 0.3) is 0 Å². The van der Waals surface area contributed by atoms with E-state index in [4.69, 9.17) is 6.42 Å². The molecule has 1 N–H and O–H groups in total. The summed E-state index contributed by atoms with van der Waals surface area (Å²) >= 11 is 0. The summed E-state index contributed by atoms with van der Waals surface area (Å²) in [5.41, 5.74) is 0.200. The highest BCUT2D eigenvalue weighted by Crippen LogP contribution is 2.29. The van der Waals surface area contributed by atoms with Crippen LogP contribution in [0, 0.1) is 12.3 Å². The van der Waals surface area contributed by atoms with Gasteiger partial charge in [0.1, 0.15) is 0 Å². The molecule has 0 bridgehead atoms. The maximum atomic E-state index is 5.54. The Morgan fingerprint density at radius 3 is 1.94 bits per heavy atom. The van der Waals surface area contributed by atoms with E-state index in [1.165, 1.54) is 0 Å². The quantitative estimate of drug-likeness (QED) is 0.621. The first kappa shape index (κ1) is 16.5. The molecule has 0 saturated carbocycles. The van der Waals surface area contributed by atoms with Gasteiger partial charge in [-0.2, -0.15) is 0 Å². The molecule has 0 spiro atoms. The molecule has 0 rings (SSSR count). The van der Waals surface area contributed by atoms with Gasteiger partial charge in [-0.1, -0.05) is 34.6 Å². The molecule has 0 aliphatic heterocycles. The van der Waals surface area contributed by atoms with Gasteiger partial charge in [-0.3, -0.25) is 4.90 Å². The van der Waals surface area contributed by atoms with Crippen molar-refractivity contribution in [3.63, 3.8) is 0 Å². The summed E-state index contributed by atoms with van der Waals surface area (Å²) < 4.78 is 0. The Kier molecular flexibility index (Phi) is 8.29. The Labute approximate surface area is 108 Å². The summed E-state index contributed by atoms with van der Waals surface area (Å²) in [5, 5.41) is 3.59. The maximum Gasteiger partial charge on any atom is 0.0366 e. The topological polar surface area (TPSA) is 15.3 Å². The van der Waals surface area contributed by atoms with E-state index >= 15 is 0 Å². The third-order valence-electron chi connectivity index (χ3n) is 4.04. The summed E-state index contributed by atoms with van der Waals surface area (Å²) in [4.78, 5) is 2.57. The van der Waals surface area contributed by atoms with Gasteiger partial charge < -0.3 is 5.32 Å². The number of rotatable bonds is 9. The van der Waals surface area contributed by atoms with Crippen LogP contribution in [-0.2, 0) is 0 Å². The molecule has 0 aliphatic carbocycles. The van der Waals surface area contributed by atoms with Gasteiger partial charge in [0.2, 0.25) is 0 Å². The van der Waals surface area contributed by atoms with Crippen LogP contribution in [0.2, 0.25) is 0 Å². The van der Waals surface area contributed by atoms with E-state index in [1.807, 2.05) is 0 Å². The molecule has 0 aliphatic rings. The fraction of sp³-hybridized carbons (Fsp3) is 0.867. The Bertz CT molecular complexity index is 222. The first-order valence-corrected chi connectivity index (χ1v) is 7.08. The number of nitrogens with one attached hydrogen (secondary N) is 1. The van der Waals surface area contributed by atoms with Crippen molar-refractivity contribution in [2.24, 2.45) is 0 Å². The molecule has 0 aromatic rings. The highest BCUT2D eigenvalue weighted by Gasteiger charge is 2.38. The second-order valence-corrected chi connectivity index (χ2v) is 4.50. The molecule has 0 amide bonds. The van der Waals surface area contributed by atoms with Crippen LogP contribution >= 0.6 is 0 Å². The molecular formula is C15H30N2. The minimum Gasteiger partial charge on any atom is -0.312 e. The van der Waals surface area contributed by atoms with Crippen LogP contribution in [0.3, 0.4) is 0 Å². The van der Waals surface area contributed by atoms with E-state index in [2.05, 4.69) is 50.8 Å². The normalized spacial score (nSPS) is 13.7. The van der Waals surface area contributed by atoms with Gasteiger partial charge in [0.05, 0.1) is 0 Å². The molecule has 2 nitrogen and oxygen atoms in total. The van der Waals surface area contributed by atoms with E-state index < -0.39 is 0 Å². The van der Waals surface area contributed by atoms with Crippen molar-refractivity contribution >= 4 is 0 Å². The molecule has 0 fully saturated rings. The maximum absolute atomic E-state index is 5.54. The third-order valence-corrected chi connectivity index (χ3v) is 4.04. The largest absolute Gasteiger partial charge is 0.312 e. The molecule has 100 valence electrons. The minimum absolute atomic E-state index is 0.200. The molecule has 1 unspecified atom stereocenters. The van der Waals surface area contributed by atoms with Crippen LogP contribution < -0.4 is 5.32 Å². The van der Waals surface area contributed by atoms with Crippen molar-refractivity contribution < 1.29 is 0 Å². The first-order valence-electron chi connectivity index (χ1n) is 7.08. The molecule has 2 heteroatoms. The van der Waals surface area contributed by atoms with Crippen molar-refractivity contribution in [2.45, 2.75) is 65.5 Å². The van der Waals surface area contributed by atoms with Crippen LogP contribution in [0.1, 0.15) is 53.9 Å². The highest BCUT2D eigenvalue weighted by molar-refractivity contribution is 5.04. The second kappa shape index (κ2) is 8.55. The van der Waals surface area contributed by atoms with E-state index in [9.17, 15) is 0 Å². The van der Waals surface area contributed by atoms with Gasteiger partial charge in [-0.25, -0.2) is 0 Å². The SMILES string of the molecule is C#CCC(NCC)C(CC)(CC)N(CC)CC. The minimum atomic E-state index is 0.200. The Morgan fingerprint density at radius 1 is 1.12 bits per heavy atom. The summed E-state index contributed by atoms with van der Waals surface area (Å²) in [5.74, 6) is 2.84. The van der Waals surface area contributed by atoms with Gasteiger partial charge in [0.25, 0.3) is 0 Å². The lowest BCUT2D eigenvalue weighted by atomic mass is 9.81. The number of likely N-dealkylation sites (N-methyl/N-ethyl adjacent to an activating group) is 2. The number of hydrogen-bond donors (Lipinski definition) is 1. The summed E-state index contributed by atoms with van der Waals surface area (Å²) in [6, 6.07) is 0.396. The molecular weight excluding hydrogens is 208 g/mol. The lowest BCUT2D eigenvalue weighted by molar-refractivity contribution is 0.0514. The molecule has 0 saturated heterocycles. The van der Waals surface area contributed by atoms with Crippen molar-refractivity contribution in [3.8, 4) is 12.3 Å². The lowest BCUT2D eigenvalue weighted by Crippen LogP contribution is -2.60. The van der Waals surface area contributed by atoms with Gasteiger partial charge >= 0.3 is 0 Å². The predicted octanol–water partition coefficient (Wildman–Crippen LogP) is 2.89. The zero-order valence-corrected chi connectivity index (χ0v) is 12.3. The zero-order chi connectivity index (χ0) is 13.3. The average molecular weight is 238 g/mol. The van der Waals surface area contributed by atoms with Crippen LogP contribution in [-0.4, -0.2) is 36.1 Å². The molecule has 0 radical (unpaired) electrons. The Hall–Kier alpha value is -0.520. The van der Waals surface area contributed by atoms with Crippen LogP contribution in [0.4, 0.5) is 0 Å². The summed E-state index contributed by atoms with van der Waals surface area (Å²) in [6.07, 6.45) is 8.64. The van der Waals surface area contributed by atoms with Crippen molar-refractivity contribution in [3.05, 3.63) is 0 Å². The number of terminal acetylenes is 1. The van der Waals surface area contributed by atoms with E-state index in [1.54, 1.807) is 0 Å². The van der Waals surface area contributed by atoms with Gasteiger partial charge in [-0.15, -0.1) is 12.3 Å². The van der Waals surface area contributed by atoms with Crippen molar-refractivity contribution in [1.29, 1.82) is 0 Å². The molecule has 0 aromatic heterocycles. The zero-order valence-electron chi connectivity index (χ0n) is 12.3. The van der Waals surface area contributed by atoms with Gasteiger partial charge in [-0.05, 0) is 32.5 Å². The number of nitrogens with zero attached hydrogens (tertiary/aromatic N) is 1. The van der Waals surface area contributed by atoms with Gasteiger partial charge in [0, 0.05) is 18.0 Å². The van der Waals surface area contributed by atoms with Gasteiger partial charge in [0.15, 0.2) is 0 Å². The van der Waals surface area contributed by atoms with Crippen LogP contribution in [0.15, 0.2) is 0 Å². The monoisotopic (exact) mass is 238 g/mol. The van der Waals surface area contributed by atoms with Crippen molar-refractivity contribution in [1.82, 2.24) is 10.2 Å². The molecule has 0 heterocycles. The highest BCUT2D eigenvalue weighted by atomic mass is 15.2. The summed E-state index contributed by atoms with van der Waals surface area (Å²) in [6.45, 7) is 14.3. The molecule has 1 atom stereocenters. The average Bonchev–Trinajstić information content (AvgIpc) is 2.36. The van der Waals surface area contributed by atoms with E-state index in [0.717, 1.165) is 38.9 Å². The fourth-order valence-corrected chi connectivity index (χ4v) is 3.08. The lowest BCUT2D eigenvalue weighted by Gasteiger charge is -2.48. The predicted molar refractivity (Wildman–Crippen MR) is 77.1 cm³/mol. The Morgan fingerprint density at radius 2 is 1.65 bits per heavy atom. The second-order valence-electron chi connectivity index (χ2n) is 4.50. The van der Waals surface area contributed by atoms with Crippen molar-refractivity contribution in [2.75, 3.05) is 19.6 Å². The third kappa shape index (κ3) is 3.72. The molecule has 17 heavy (non-hydrogen) atoms. The smallest absolute Gasteiger partial charge is 0.0366 e. The number of hydrogen-bond acceptors (Lipinski definition) is 2. The molecule has 0 aromatic carbocycles. The fourth-order valence-electron chi connectivity index (χ4n) is 3.08. The standard InChI is InChI=1S/C15H30N2/c1-7-13-14(16-10-4)15(8-2,9-3)17(11-5)12-6/h1,14,16H,8-13H2,2-6H3. The van der Waals surface area contributed by atoms with E-state index in [0.29, 0.717) is 6.04 Å². The van der Waals surface area contributed by atoms with Crippen LogP contribution in [0.5, 0.6) is 0 Å². The first-order chi connectivity index (χ1) is 8.16. The summed E-state index contributed by atoms with van der Waals surface area (Å²) in [7, 11) is 0. The van der Waals surface area contributed by atoms with E-state index in [-0.39, 0.29) is 5.54 Å². The Balaban J connectivity index is 5.17.